The van der Waals surface area contributed by atoms with Crippen LogP contribution in [0.1, 0.15) is 13.3 Å². The van der Waals surface area contributed by atoms with Crippen LogP contribution in [0.5, 0.6) is 5.75 Å². The predicted octanol–water partition coefficient (Wildman–Crippen LogP) is 2.22. The summed E-state index contributed by atoms with van der Waals surface area (Å²) in [5.74, 6) is 0.915. The summed E-state index contributed by atoms with van der Waals surface area (Å²) in [7, 11) is 0. The Morgan fingerprint density at radius 2 is 1.92 bits per heavy atom. The van der Waals surface area contributed by atoms with Crippen molar-refractivity contribution in [3.63, 3.8) is 0 Å². The largest absolute Gasteiger partial charge is 0.494 e. The molecule has 0 aromatic heterocycles. The number of ether oxygens (including phenoxy) is 1. The minimum absolute atomic E-state index is 0. The van der Waals surface area contributed by atoms with Crippen molar-refractivity contribution < 1.29 is 4.74 Å². The lowest BCUT2D eigenvalue weighted by Crippen LogP contribution is -2.18. The molecule has 1 atom stereocenters. The highest BCUT2D eigenvalue weighted by Crippen LogP contribution is 2.08. The van der Waals surface area contributed by atoms with Crippen LogP contribution in [0.15, 0.2) is 30.3 Å². The molecule has 0 aliphatic rings. The van der Waals surface area contributed by atoms with Gasteiger partial charge in [-0.1, -0.05) is 18.2 Å². The molecule has 0 bridgehead atoms. The van der Waals surface area contributed by atoms with E-state index >= 15 is 0 Å². The third kappa shape index (κ3) is 5.50. The second kappa shape index (κ2) is 6.75. The van der Waals surface area contributed by atoms with Gasteiger partial charge in [0.25, 0.3) is 0 Å². The zero-order valence-electron chi connectivity index (χ0n) is 7.77. The van der Waals surface area contributed by atoms with E-state index in [2.05, 4.69) is 0 Å². The van der Waals surface area contributed by atoms with Crippen molar-refractivity contribution in [2.24, 2.45) is 5.73 Å². The van der Waals surface area contributed by atoms with E-state index in [0.717, 1.165) is 12.2 Å². The lowest BCUT2D eigenvalue weighted by atomic mass is 10.3. The monoisotopic (exact) mass is 201 g/mol. The van der Waals surface area contributed by atoms with Gasteiger partial charge in [0.05, 0.1) is 6.61 Å². The quantitative estimate of drug-likeness (QED) is 0.811. The summed E-state index contributed by atoms with van der Waals surface area (Å²) in [5, 5.41) is 0. The molecule has 1 aromatic rings. The highest BCUT2D eigenvalue weighted by Gasteiger charge is 1.94. The van der Waals surface area contributed by atoms with Gasteiger partial charge in [0, 0.05) is 6.04 Å². The fourth-order valence-corrected chi connectivity index (χ4v) is 0.879. The molecule has 2 nitrogen and oxygen atoms in total. The molecule has 0 saturated carbocycles. The highest BCUT2D eigenvalue weighted by atomic mass is 35.5. The van der Waals surface area contributed by atoms with E-state index in [1.807, 2.05) is 37.3 Å². The number of para-hydroxylation sites is 1. The van der Waals surface area contributed by atoms with Gasteiger partial charge in [-0.3, -0.25) is 0 Å². The maximum atomic E-state index is 5.58. The lowest BCUT2D eigenvalue weighted by Gasteiger charge is -2.07. The zero-order valence-corrected chi connectivity index (χ0v) is 8.59. The Labute approximate surface area is 85.5 Å². The number of nitrogens with two attached hydrogens (primary N) is 1. The number of benzene rings is 1. The van der Waals surface area contributed by atoms with Crippen LogP contribution in [0, 0.1) is 0 Å². The Kier molecular flexibility index (Phi) is 6.37. The molecule has 1 rings (SSSR count). The first-order valence-electron chi connectivity index (χ1n) is 4.22. The van der Waals surface area contributed by atoms with Crippen molar-refractivity contribution in [2.75, 3.05) is 6.61 Å². The molecule has 0 fully saturated rings. The molecule has 0 heterocycles. The van der Waals surface area contributed by atoms with Crippen LogP contribution in [-0.4, -0.2) is 12.6 Å². The topological polar surface area (TPSA) is 35.2 Å². The Morgan fingerprint density at radius 3 is 2.46 bits per heavy atom. The third-order valence-corrected chi connectivity index (χ3v) is 1.59. The maximum absolute atomic E-state index is 5.58. The van der Waals surface area contributed by atoms with Gasteiger partial charge in [-0.05, 0) is 25.5 Å². The van der Waals surface area contributed by atoms with Gasteiger partial charge in [0.2, 0.25) is 0 Å². The van der Waals surface area contributed by atoms with Gasteiger partial charge < -0.3 is 10.5 Å². The zero-order chi connectivity index (χ0) is 8.81. The summed E-state index contributed by atoms with van der Waals surface area (Å²) in [4.78, 5) is 0. The van der Waals surface area contributed by atoms with Crippen LogP contribution < -0.4 is 10.5 Å². The van der Waals surface area contributed by atoms with E-state index in [9.17, 15) is 0 Å². The Bertz CT molecular complexity index is 213. The van der Waals surface area contributed by atoms with Crippen molar-refractivity contribution in [1.82, 2.24) is 0 Å². The first kappa shape index (κ1) is 12.3. The van der Waals surface area contributed by atoms with Gasteiger partial charge in [0.1, 0.15) is 5.75 Å². The summed E-state index contributed by atoms with van der Waals surface area (Å²) in [5.41, 5.74) is 5.58. The van der Waals surface area contributed by atoms with Crippen LogP contribution >= 0.6 is 12.4 Å². The second-order valence-corrected chi connectivity index (χ2v) is 2.93. The van der Waals surface area contributed by atoms with Gasteiger partial charge in [-0.15, -0.1) is 12.4 Å². The van der Waals surface area contributed by atoms with Crippen LogP contribution in [0.4, 0.5) is 0 Å². The summed E-state index contributed by atoms with van der Waals surface area (Å²) in [6, 6.07) is 10.00. The molecule has 2 N–H and O–H groups in total. The minimum Gasteiger partial charge on any atom is -0.494 e. The lowest BCUT2D eigenvalue weighted by molar-refractivity contribution is 0.301. The molecule has 74 valence electrons. The molecule has 1 unspecified atom stereocenters. The van der Waals surface area contributed by atoms with Gasteiger partial charge in [-0.2, -0.15) is 0 Å². The molecule has 0 aliphatic carbocycles. The van der Waals surface area contributed by atoms with Gasteiger partial charge in [0.15, 0.2) is 0 Å². The van der Waals surface area contributed by atoms with Crippen LogP contribution in [-0.2, 0) is 0 Å². The Balaban J connectivity index is 0.00000144. The molecule has 13 heavy (non-hydrogen) atoms. The molecule has 0 radical (unpaired) electrons. The first-order chi connectivity index (χ1) is 5.79. The fourth-order valence-electron chi connectivity index (χ4n) is 0.879. The molecule has 0 saturated heterocycles. The standard InChI is InChI=1S/C10H15NO.ClH/c1-9(11)7-8-12-10-5-3-2-4-6-10;/h2-6,9H,7-8,11H2,1H3;1H. The predicted molar refractivity (Wildman–Crippen MR) is 57.5 cm³/mol. The Hall–Kier alpha value is -0.730. The fraction of sp³-hybridized carbons (Fsp3) is 0.400. The van der Waals surface area contributed by atoms with Crippen molar-refractivity contribution in [1.29, 1.82) is 0 Å². The summed E-state index contributed by atoms with van der Waals surface area (Å²) >= 11 is 0. The number of rotatable bonds is 4. The number of halogens is 1. The van der Waals surface area contributed by atoms with Crippen LogP contribution in [0.25, 0.3) is 0 Å². The number of hydrogen-bond acceptors (Lipinski definition) is 2. The average molecular weight is 202 g/mol. The van der Waals surface area contributed by atoms with E-state index in [1.165, 1.54) is 0 Å². The van der Waals surface area contributed by atoms with Gasteiger partial charge in [-0.25, -0.2) is 0 Å². The van der Waals surface area contributed by atoms with Crippen molar-refractivity contribution in [2.45, 2.75) is 19.4 Å². The summed E-state index contributed by atoms with van der Waals surface area (Å²) in [6.07, 6.45) is 0.898. The van der Waals surface area contributed by atoms with E-state index in [1.54, 1.807) is 0 Å². The maximum Gasteiger partial charge on any atom is 0.119 e. The number of hydrogen-bond donors (Lipinski definition) is 1. The smallest absolute Gasteiger partial charge is 0.119 e. The molecule has 0 amide bonds. The SMILES string of the molecule is CC(N)CCOc1ccccc1.Cl. The van der Waals surface area contributed by atoms with Crippen molar-refractivity contribution in [3.8, 4) is 5.75 Å². The normalized spacial score (nSPS) is 11.5. The molecule has 0 aliphatic heterocycles. The molecule has 1 aromatic carbocycles. The Morgan fingerprint density at radius 1 is 1.31 bits per heavy atom. The second-order valence-electron chi connectivity index (χ2n) is 2.93. The summed E-state index contributed by atoms with van der Waals surface area (Å²) in [6.45, 7) is 2.68. The van der Waals surface area contributed by atoms with Crippen molar-refractivity contribution in [3.05, 3.63) is 30.3 Å². The van der Waals surface area contributed by atoms with Crippen LogP contribution in [0.2, 0.25) is 0 Å². The average Bonchev–Trinajstić information content (AvgIpc) is 2.05. The van der Waals surface area contributed by atoms with E-state index in [-0.39, 0.29) is 18.4 Å². The minimum atomic E-state index is 0. The highest BCUT2D eigenvalue weighted by molar-refractivity contribution is 5.85. The third-order valence-electron chi connectivity index (χ3n) is 1.59. The summed E-state index contributed by atoms with van der Waals surface area (Å²) < 4.78 is 5.44. The van der Waals surface area contributed by atoms with E-state index in [0.29, 0.717) is 6.61 Å². The molecular formula is C10H16ClNO. The van der Waals surface area contributed by atoms with E-state index < -0.39 is 0 Å². The first-order valence-corrected chi connectivity index (χ1v) is 4.22. The molecule has 3 heteroatoms. The van der Waals surface area contributed by atoms with Crippen molar-refractivity contribution >= 4 is 12.4 Å². The van der Waals surface area contributed by atoms with Gasteiger partial charge >= 0.3 is 0 Å². The van der Waals surface area contributed by atoms with E-state index in [4.69, 9.17) is 10.5 Å². The van der Waals surface area contributed by atoms with Crippen LogP contribution in [0.3, 0.4) is 0 Å². The molecular weight excluding hydrogens is 186 g/mol. The molecule has 0 spiro atoms.